The lowest BCUT2D eigenvalue weighted by Crippen LogP contribution is -2.38. The van der Waals surface area contributed by atoms with E-state index in [1.165, 1.54) is 0 Å². The third kappa shape index (κ3) is 3.01. The van der Waals surface area contributed by atoms with Gasteiger partial charge in [0.25, 0.3) is 5.91 Å². The molecule has 0 aromatic heterocycles. The number of aryl methyl sites for hydroxylation is 1. The number of carbonyl (C=O) groups excluding carboxylic acids is 1. The molecule has 4 heteroatoms. The Bertz CT molecular complexity index is 419. The minimum absolute atomic E-state index is 0.0650. The molecule has 1 aliphatic heterocycles. The zero-order valence-corrected chi connectivity index (χ0v) is 10.9. The predicted molar refractivity (Wildman–Crippen MR) is 71.4 cm³/mol. The van der Waals surface area contributed by atoms with Crippen molar-refractivity contribution in [3.63, 3.8) is 0 Å². The maximum Gasteiger partial charge on any atom is 0.251 e. The molecule has 2 unspecified atom stereocenters. The average molecular weight is 248 g/mol. The second-order valence-corrected chi connectivity index (χ2v) is 5.02. The van der Waals surface area contributed by atoms with Crippen LogP contribution in [-0.4, -0.2) is 25.2 Å². The number of amides is 1. The van der Waals surface area contributed by atoms with Crippen LogP contribution in [0.5, 0.6) is 0 Å². The summed E-state index contributed by atoms with van der Waals surface area (Å²) in [6, 6.07) is 5.54. The van der Waals surface area contributed by atoms with Crippen molar-refractivity contribution in [2.45, 2.75) is 26.3 Å². The topological polar surface area (TPSA) is 64.4 Å². The number of hydrogen-bond donors (Lipinski definition) is 2. The largest absolute Gasteiger partial charge is 0.399 e. The average Bonchev–Trinajstić information content (AvgIpc) is 2.80. The van der Waals surface area contributed by atoms with Crippen LogP contribution in [0.2, 0.25) is 0 Å². The molecule has 98 valence electrons. The van der Waals surface area contributed by atoms with Gasteiger partial charge in [-0.3, -0.25) is 4.79 Å². The lowest BCUT2D eigenvalue weighted by Gasteiger charge is -2.19. The van der Waals surface area contributed by atoms with Crippen LogP contribution in [-0.2, 0) is 4.74 Å². The van der Waals surface area contributed by atoms with E-state index in [0.29, 0.717) is 17.2 Å². The molecule has 1 saturated heterocycles. The van der Waals surface area contributed by atoms with Crippen molar-refractivity contribution >= 4 is 11.6 Å². The summed E-state index contributed by atoms with van der Waals surface area (Å²) >= 11 is 0. The van der Waals surface area contributed by atoms with E-state index in [1.807, 2.05) is 26.0 Å². The maximum absolute atomic E-state index is 12.1. The molecule has 2 atom stereocenters. The second-order valence-electron chi connectivity index (χ2n) is 5.02. The summed E-state index contributed by atoms with van der Waals surface area (Å²) in [6.07, 6.45) is 1.01. The Kier molecular flexibility index (Phi) is 3.87. The number of carbonyl (C=O) groups is 1. The quantitative estimate of drug-likeness (QED) is 0.801. The fourth-order valence-electron chi connectivity index (χ4n) is 2.30. The summed E-state index contributed by atoms with van der Waals surface area (Å²) in [4.78, 5) is 12.1. The van der Waals surface area contributed by atoms with E-state index in [0.717, 1.165) is 25.2 Å². The summed E-state index contributed by atoms with van der Waals surface area (Å²) < 4.78 is 5.33. The maximum atomic E-state index is 12.1. The number of nitrogen functional groups attached to an aromatic ring is 1. The van der Waals surface area contributed by atoms with Crippen LogP contribution in [0.3, 0.4) is 0 Å². The van der Waals surface area contributed by atoms with Gasteiger partial charge in [0, 0.05) is 29.8 Å². The van der Waals surface area contributed by atoms with Crippen LogP contribution in [0.25, 0.3) is 0 Å². The second kappa shape index (κ2) is 5.40. The van der Waals surface area contributed by atoms with Crippen LogP contribution >= 0.6 is 0 Å². The highest BCUT2D eigenvalue weighted by molar-refractivity contribution is 5.95. The molecule has 0 saturated carbocycles. The number of ether oxygens (including phenoxy) is 1. The number of nitrogens with one attached hydrogen (secondary N) is 1. The van der Waals surface area contributed by atoms with Gasteiger partial charge in [-0.2, -0.15) is 0 Å². The number of rotatable bonds is 3. The van der Waals surface area contributed by atoms with Gasteiger partial charge in [-0.25, -0.2) is 0 Å². The summed E-state index contributed by atoms with van der Waals surface area (Å²) in [6.45, 7) is 5.48. The molecule has 0 aliphatic carbocycles. The molecule has 3 N–H and O–H groups in total. The zero-order chi connectivity index (χ0) is 13.1. The Morgan fingerprint density at radius 2 is 2.28 bits per heavy atom. The van der Waals surface area contributed by atoms with Gasteiger partial charge in [-0.1, -0.05) is 0 Å². The first kappa shape index (κ1) is 12.9. The fraction of sp³-hybridized carbons (Fsp3) is 0.500. The molecule has 0 radical (unpaired) electrons. The summed E-state index contributed by atoms with van der Waals surface area (Å²) in [5.41, 5.74) is 7.99. The van der Waals surface area contributed by atoms with E-state index in [4.69, 9.17) is 10.5 Å². The van der Waals surface area contributed by atoms with E-state index in [-0.39, 0.29) is 11.9 Å². The van der Waals surface area contributed by atoms with Crippen LogP contribution < -0.4 is 11.1 Å². The minimum Gasteiger partial charge on any atom is -0.399 e. The fourth-order valence-corrected chi connectivity index (χ4v) is 2.30. The van der Waals surface area contributed by atoms with Crippen LogP contribution in [0.4, 0.5) is 5.69 Å². The SMILES string of the molecule is Cc1cc(N)cc(C(=O)NC(C)C2CCOC2)c1. The molecule has 4 nitrogen and oxygen atoms in total. The first-order valence-corrected chi connectivity index (χ1v) is 6.32. The highest BCUT2D eigenvalue weighted by atomic mass is 16.5. The molecule has 1 aliphatic rings. The molecule has 18 heavy (non-hydrogen) atoms. The molecule has 1 heterocycles. The molecular weight excluding hydrogens is 228 g/mol. The van der Waals surface area contributed by atoms with E-state index in [1.54, 1.807) is 6.07 Å². The van der Waals surface area contributed by atoms with Gasteiger partial charge in [-0.15, -0.1) is 0 Å². The smallest absolute Gasteiger partial charge is 0.251 e. The number of benzene rings is 1. The normalized spacial score (nSPS) is 20.7. The van der Waals surface area contributed by atoms with Gasteiger partial charge < -0.3 is 15.8 Å². The Morgan fingerprint density at radius 3 is 2.89 bits per heavy atom. The van der Waals surface area contributed by atoms with E-state index >= 15 is 0 Å². The van der Waals surface area contributed by atoms with Crippen molar-refractivity contribution in [2.24, 2.45) is 5.92 Å². The zero-order valence-electron chi connectivity index (χ0n) is 10.9. The van der Waals surface area contributed by atoms with Crippen molar-refractivity contribution in [1.29, 1.82) is 0 Å². The van der Waals surface area contributed by atoms with Gasteiger partial charge in [0.2, 0.25) is 0 Å². The van der Waals surface area contributed by atoms with Gasteiger partial charge in [-0.05, 0) is 44.0 Å². The molecule has 2 rings (SSSR count). The third-order valence-electron chi connectivity index (χ3n) is 3.39. The molecule has 0 bridgehead atoms. The van der Waals surface area contributed by atoms with Gasteiger partial charge in [0.05, 0.1) is 6.61 Å². The molecule has 1 fully saturated rings. The Hall–Kier alpha value is -1.55. The number of anilines is 1. The monoisotopic (exact) mass is 248 g/mol. The highest BCUT2D eigenvalue weighted by Crippen LogP contribution is 2.17. The summed E-state index contributed by atoms with van der Waals surface area (Å²) in [5, 5.41) is 3.02. The van der Waals surface area contributed by atoms with Gasteiger partial charge in [0.15, 0.2) is 0 Å². The number of hydrogen-bond acceptors (Lipinski definition) is 3. The molecule has 1 aromatic carbocycles. The lowest BCUT2D eigenvalue weighted by molar-refractivity contribution is 0.0922. The van der Waals surface area contributed by atoms with E-state index in [9.17, 15) is 4.79 Å². The van der Waals surface area contributed by atoms with Crippen molar-refractivity contribution in [3.05, 3.63) is 29.3 Å². The summed E-state index contributed by atoms with van der Waals surface area (Å²) in [5.74, 6) is 0.348. The van der Waals surface area contributed by atoms with Gasteiger partial charge >= 0.3 is 0 Å². The first-order chi connectivity index (χ1) is 8.56. The van der Waals surface area contributed by atoms with Crippen molar-refractivity contribution in [1.82, 2.24) is 5.32 Å². The Morgan fingerprint density at radius 1 is 1.50 bits per heavy atom. The molecular formula is C14H20N2O2. The summed E-state index contributed by atoms with van der Waals surface area (Å²) in [7, 11) is 0. The Labute approximate surface area is 108 Å². The van der Waals surface area contributed by atoms with E-state index < -0.39 is 0 Å². The predicted octanol–water partition coefficient (Wildman–Crippen LogP) is 1.73. The van der Waals surface area contributed by atoms with Crippen LogP contribution in [0, 0.1) is 12.8 Å². The van der Waals surface area contributed by atoms with Crippen LogP contribution in [0.1, 0.15) is 29.3 Å². The van der Waals surface area contributed by atoms with Crippen LogP contribution in [0.15, 0.2) is 18.2 Å². The first-order valence-electron chi connectivity index (χ1n) is 6.32. The Balaban J connectivity index is 2.02. The van der Waals surface area contributed by atoms with Crippen molar-refractivity contribution in [2.75, 3.05) is 18.9 Å². The third-order valence-corrected chi connectivity index (χ3v) is 3.39. The molecule has 0 spiro atoms. The highest BCUT2D eigenvalue weighted by Gasteiger charge is 2.23. The number of nitrogens with two attached hydrogens (primary N) is 1. The molecule has 1 amide bonds. The van der Waals surface area contributed by atoms with Gasteiger partial charge in [0.1, 0.15) is 0 Å². The minimum atomic E-state index is -0.0650. The van der Waals surface area contributed by atoms with Crippen molar-refractivity contribution < 1.29 is 9.53 Å². The molecule has 1 aromatic rings. The lowest BCUT2D eigenvalue weighted by atomic mass is 10.00. The van der Waals surface area contributed by atoms with Crippen molar-refractivity contribution in [3.8, 4) is 0 Å². The standard InChI is InChI=1S/C14H20N2O2/c1-9-5-12(7-13(15)6-9)14(17)16-10(2)11-3-4-18-8-11/h5-7,10-11H,3-4,8,15H2,1-2H3,(H,16,17). The van der Waals surface area contributed by atoms with E-state index in [2.05, 4.69) is 5.32 Å².